The van der Waals surface area contributed by atoms with Gasteiger partial charge >= 0.3 is 0 Å². The Morgan fingerprint density at radius 3 is 2.22 bits per heavy atom. The number of carbonyl (C=O) groups excluding carboxylic acids is 2. The zero-order valence-corrected chi connectivity index (χ0v) is 25.6. The Kier molecular flexibility index (Phi) is 12.2. The average molecular weight is 598 g/mol. The van der Waals surface area contributed by atoms with Gasteiger partial charge in [0.2, 0.25) is 21.8 Å². The first-order valence-corrected chi connectivity index (χ1v) is 16.2. The van der Waals surface area contributed by atoms with Gasteiger partial charge in [0.15, 0.2) is 0 Å². The molecule has 0 aliphatic rings. The highest BCUT2D eigenvalue weighted by Gasteiger charge is 2.30. The standard InChI is InChI=1S/C32H40ClN3O4S/c1-4-5-21-34-32(38)30(23-26-12-7-6-8-13-26)35(24-27-14-9-10-15-29(27)33)31(37)16-11-22-36(41(3,39)40)28-19-17-25(2)18-20-28/h6-10,12-15,17-20,30H,4-5,11,16,21-24H2,1-3H3,(H,34,38)/t30-/m1/s1. The van der Waals surface area contributed by atoms with E-state index in [0.717, 1.165) is 35.8 Å². The van der Waals surface area contributed by atoms with Crippen LogP contribution in [0, 0.1) is 6.92 Å². The van der Waals surface area contributed by atoms with E-state index in [-0.39, 0.29) is 37.7 Å². The summed E-state index contributed by atoms with van der Waals surface area (Å²) in [6, 6.07) is 23.4. The average Bonchev–Trinajstić information content (AvgIpc) is 2.94. The first-order chi connectivity index (χ1) is 19.6. The highest BCUT2D eigenvalue weighted by Crippen LogP contribution is 2.23. The molecule has 0 aromatic heterocycles. The fourth-order valence-electron chi connectivity index (χ4n) is 4.59. The van der Waals surface area contributed by atoms with Gasteiger partial charge in [-0.3, -0.25) is 13.9 Å². The minimum Gasteiger partial charge on any atom is -0.354 e. The summed E-state index contributed by atoms with van der Waals surface area (Å²) in [7, 11) is -3.56. The molecule has 0 saturated heterocycles. The SMILES string of the molecule is CCCCNC(=O)[C@@H](Cc1ccccc1)N(Cc1ccccc1Cl)C(=O)CCCN(c1ccc(C)cc1)S(C)(=O)=O. The Labute approximate surface area is 249 Å². The smallest absolute Gasteiger partial charge is 0.243 e. The van der Waals surface area contributed by atoms with Crippen LogP contribution in [0.3, 0.4) is 0 Å². The van der Waals surface area contributed by atoms with Crippen LogP contribution in [0.5, 0.6) is 0 Å². The lowest BCUT2D eigenvalue weighted by molar-refractivity contribution is -0.141. The predicted molar refractivity (Wildman–Crippen MR) is 166 cm³/mol. The minimum atomic E-state index is -3.56. The summed E-state index contributed by atoms with van der Waals surface area (Å²) in [5.41, 5.74) is 3.24. The van der Waals surface area contributed by atoms with Crippen molar-refractivity contribution in [3.8, 4) is 0 Å². The van der Waals surface area contributed by atoms with Gasteiger partial charge in [-0.25, -0.2) is 8.42 Å². The molecule has 0 bridgehead atoms. The van der Waals surface area contributed by atoms with Gasteiger partial charge in [0, 0.05) is 37.5 Å². The van der Waals surface area contributed by atoms with Crippen molar-refractivity contribution in [2.24, 2.45) is 0 Å². The Bertz CT molecular complexity index is 1380. The Hall–Kier alpha value is -3.36. The maximum absolute atomic E-state index is 13.9. The third-order valence-corrected chi connectivity index (χ3v) is 8.44. The van der Waals surface area contributed by atoms with Crippen molar-refractivity contribution >= 4 is 39.1 Å². The summed E-state index contributed by atoms with van der Waals surface area (Å²) in [6.07, 6.45) is 3.62. The maximum Gasteiger partial charge on any atom is 0.243 e. The van der Waals surface area contributed by atoms with E-state index < -0.39 is 16.1 Å². The molecule has 0 spiro atoms. The van der Waals surface area contributed by atoms with E-state index in [1.165, 1.54) is 4.31 Å². The fraction of sp³-hybridized carbons (Fsp3) is 0.375. The van der Waals surface area contributed by atoms with Crippen LogP contribution in [0.1, 0.15) is 49.3 Å². The number of hydrogen-bond acceptors (Lipinski definition) is 4. The topological polar surface area (TPSA) is 86.8 Å². The minimum absolute atomic E-state index is 0.0653. The van der Waals surface area contributed by atoms with Gasteiger partial charge in [-0.1, -0.05) is 91.2 Å². The summed E-state index contributed by atoms with van der Waals surface area (Å²) in [5.74, 6) is -0.464. The Morgan fingerprint density at radius 2 is 1.59 bits per heavy atom. The van der Waals surface area contributed by atoms with E-state index in [0.29, 0.717) is 23.7 Å². The van der Waals surface area contributed by atoms with Crippen LogP contribution >= 0.6 is 11.6 Å². The van der Waals surface area contributed by atoms with Crippen LogP contribution in [0.25, 0.3) is 0 Å². The predicted octanol–water partition coefficient (Wildman–Crippen LogP) is 5.75. The zero-order valence-electron chi connectivity index (χ0n) is 24.1. The Morgan fingerprint density at radius 1 is 0.927 bits per heavy atom. The largest absolute Gasteiger partial charge is 0.354 e. The van der Waals surface area contributed by atoms with E-state index in [9.17, 15) is 18.0 Å². The highest BCUT2D eigenvalue weighted by molar-refractivity contribution is 7.92. The van der Waals surface area contributed by atoms with Gasteiger partial charge in [0.05, 0.1) is 11.9 Å². The first kappa shape index (κ1) is 32.2. The maximum atomic E-state index is 13.9. The number of hydrogen-bond donors (Lipinski definition) is 1. The zero-order chi connectivity index (χ0) is 29.8. The second-order valence-corrected chi connectivity index (χ2v) is 12.6. The molecule has 0 unspecified atom stereocenters. The molecule has 0 radical (unpaired) electrons. The van der Waals surface area contributed by atoms with Crippen molar-refractivity contribution in [3.05, 3.63) is 101 Å². The van der Waals surface area contributed by atoms with Crippen LogP contribution < -0.4 is 9.62 Å². The molecule has 220 valence electrons. The van der Waals surface area contributed by atoms with Gasteiger partial charge in [-0.05, 0) is 49.1 Å². The van der Waals surface area contributed by atoms with Gasteiger partial charge in [-0.2, -0.15) is 0 Å². The molecular weight excluding hydrogens is 558 g/mol. The van der Waals surface area contributed by atoms with E-state index in [1.807, 2.05) is 67.6 Å². The molecular formula is C32H40ClN3O4S. The van der Waals surface area contributed by atoms with Crippen molar-refractivity contribution in [2.75, 3.05) is 23.7 Å². The van der Waals surface area contributed by atoms with Gasteiger partial charge in [-0.15, -0.1) is 0 Å². The fourth-order valence-corrected chi connectivity index (χ4v) is 5.75. The molecule has 0 aliphatic carbocycles. The van der Waals surface area contributed by atoms with Crippen molar-refractivity contribution in [3.63, 3.8) is 0 Å². The molecule has 0 saturated carbocycles. The lowest BCUT2D eigenvalue weighted by atomic mass is 10.0. The number of halogens is 1. The molecule has 3 aromatic rings. The number of amides is 2. The van der Waals surface area contributed by atoms with Crippen molar-refractivity contribution in [1.29, 1.82) is 0 Å². The molecule has 1 N–H and O–H groups in total. The first-order valence-electron chi connectivity index (χ1n) is 14.0. The number of sulfonamides is 1. The molecule has 3 aromatic carbocycles. The van der Waals surface area contributed by atoms with Gasteiger partial charge in [0.25, 0.3) is 0 Å². The summed E-state index contributed by atoms with van der Waals surface area (Å²) < 4.78 is 26.5. The quantitative estimate of drug-likeness (QED) is 0.226. The monoisotopic (exact) mass is 597 g/mol. The van der Waals surface area contributed by atoms with Crippen LogP contribution in [0.2, 0.25) is 5.02 Å². The summed E-state index contributed by atoms with van der Waals surface area (Å²) in [5, 5.41) is 3.52. The molecule has 0 aliphatic heterocycles. The number of carbonyl (C=O) groups is 2. The Balaban J connectivity index is 1.87. The molecule has 3 rings (SSSR count). The number of nitrogens with zero attached hydrogens (tertiary/aromatic N) is 2. The molecule has 1 atom stereocenters. The molecule has 0 fully saturated rings. The van der Waals surface area contributed by atoms with E-state index >= 15 is 0 Å². The number of aryl methyl sites for hydroxylation is 1. The molecule has 7 nitrogen and oxygen atoms in total. The lowest BCUT2D eigenvalue weighted by Crippen LogP contribution is -2.50. The van der Waals surface area contributed by atoms with Crippen LogP contribution in [-0.4, -0.2) is 50.5 Å². The molecule has 0 heterocycles. The van der Waals surface area contributed by atoms with Crippen LogP contribution in [0.4, 0.5) is 5.69 Å². The summed E-state index contributed by atoms with van der Waals surface area (Å²) >= 11 is 6.48. The third-order valence-electron chi connectivity index (χ3n) is 6.87. The van der Waals surface area contributed by atoms with E-state index in [4.69, 9.17) is 11.6 Å². The molecule has 41 heavy (non-hydrogen) atoms. The van der Waals surface area contributed by atoms with E-state index in [1.54, 1.807) is 23.1 Å². The number of benzene rings is 3. The van der Waals surface area contributed by atoms with Crippen molar-refractivity contribution in [2.45, 2.75) is 58.5 Å². The number of nitrogens with one attached hydrogen (secondary N) is 1. The number of unbranched alkanes of at least 4 members (excludes halogenated alkanes) is 1. The third kappa shape index (κ3) is 9.90. The second-order valence-electron chi connectivity index (χ2n) is 10.2. The van der Waals surface area contributed by atoms with Crippen molar-refractivity contribution < 1.29 is 18.0 Å². The summed E-state index contributed by atoms with van der Waals surface area (Å²) in [6.45, 7) is 4.81. The number of rotatable bonds is 15. The van der Waals surface area contributed by atoms with Gasteiger partial charge in [0.1, 0.15) is 6.04 Å². The van der Waals surface area contributed by atoms with Crippen molar-refractivity contribution in [1.82, 2.24) is 10.2 Å². The molecule has 9 heteroatoms. The summed E-state index contributed by atoms with van der Waals surface area (Å²) in [4.78, 5) is 29.0. The van der Waals surface area contributed by atoms with Crippen LogP contribution in [-0.2, 0) is 32.6 Å². The number of anilines is 1. The normalized spacial score (nSPS) is 12.0. The molecule has 2 amide bonds. The highest BCUT2D eigenvalue weighted by atomic mass is 35.5. The lowest BCUT2D eigenvalue weighted by Gasteiger charge is -2.32. The van der Waals surface area contributed by atoms with E-state index in [2.05, 4.69) is 12.2 Å². The van der Waals surface area contributed by atoms with Crippen LogP contribution in [0.15, 0.2) is 78.9 Å². The van der Waals surface area contributed by atoms with Gasteiger partial charge < -0.3 is 10.2 Å². The second kappa shape index (κ2) is 15.6.